The molecular formula is C10H12BrN3S. The van der Waals surface area contributed by atoms with E-state index in [2.05, 4.69) is 50.8 Å². The molecule has 0 amide bonds. The van der Waals surface area contributed by atoms with Crippen molar-refractivity contribution in [1.82, 2.24) is 5.43 Å². The number of hydrogen-bond acceptors (Lipinski definition) is 2. The van der Waals surface area contributed by atoms with E-state index in [-0.39, 0.29) is 5.11 Å². The topological polar surface area (TPSA) is 50.4 Å². The summed E-state index contributed by atoms with van der Waals surface area (Å²) in [5.74, 6) is 0. The van der Waals surface area contributed by atoms with Crippen LogP contribution in [-0.4, -0.2) is 11.3 Å². The smallest absolute Gasteiger partial charge is 0.184 e. The zero-order valence-electron chi connectivity index (χ0n) is 8.11. The van der Waals surface area contributed by atoms with Crippen LogP contribution in [0.3, 0.4) is 0 Å². The van der Waals surface area contributed by atoms with Crippen molar-refractivity contribution in [3.63, 3.8) is 0 Å². The molecule has 80 valence electrons. The summed E-state index contributed by atoms with van der Waals surface area (Å²) in [4.78, 5) is 0. The lowest BCUT2D eigenvalue weighted by Crippen LogP contribution is -2.23. The molecule has 15 heavy (non-hydrogen) atoms. The van der Waals surface area contributed by atoms with Gasteiger partial charge in [0.1, 0.15) is 0 Å². The first-order valence-corrected chi connectivity index (χ1v) is 5.70. The molecule has 5 heteroatoms. The summed E-state index contributed by atoms with van der Waals surface area (Å²) < 4.78 is 1.10. The Kier molecular flexibility index (Phi) is 5.28. The minimum absolute atomic E-state index is 0.189. The highest BCUT2D eigenvalue weighted by atomic mass is 79.9. The molecule has 0 aromatic heterocycles. The molecule has 0 aliphatic rings. The standard InChI is InChI=1S/C10H12BrN3S/c11-9-5-1-3-8(7-9)4-2-6-13-14-10(12)15/h1,3,5-7H,2,4H2,(H3,12,14,15). The summed E-state index contributed by atoms with van der Waals surface area (Å²) in [6, 6.07) is 8.20. The number of hydrogen-bond donors (Lipinski definition) is 2. The molecule has 0 saturated heterocycles. The summed E-state index contributed by atoms with van der Waals surface area (Å²) in [5, 5.41) is 4.04. The predicted octanol–water partition coefficient (Wildman–Crippen LogP) is 2.20. The van der Waals surface area contributed by atoms with E-state index in [4.69, 9.17) is 5.73 Å². The highest BCUT2D eigenvalue weighted by Crippen LogP contribution is 2.12. The lowest BCUT2D eigenvalue weighted by Gasteiger charge is -1.98. The van der Waals surface area contributed by atoms with Crippen molar-refractivity contribution in [2.75, 3.05) is 0 Å². The average molecular weight is 286 g/mol. The van der Waals surface area contributed by atoms with Crippen molar-refractivity contribution in [3.8, 4) is 0 Å². The molecule has 1 aromatic rings. The molecule has 3 nitrogen and oxygen atoms in total. The normalized spacial score (nSPS) is 10.5. The van der Waals surface area contributed by atoms with Gasteiger partial charge in [0, 0.05) is 10.7 Å². The third kappa shape index (κ3) is 5.49. The van der Waals surface area contributed by atoms with Crippen LogP contribution in [-0.2, 0) is 6.42 Å². The minimum atomic E-state index is 0.189. The van der Waals surface area contributed by atoms with E-state index >= 15 is 0 Å². The van der Waals surface area contributed by atoms with Gasteiger partial charge < -0.3 is 5.73 Å². The molecular weight excluding hydrogens is 274 g/mol. The van der Waals surface area contributed by atoms with E-state index in [0.717, 1.165) is 17.3 Å². The highest BCUT2D eigenvalue weighted by molar-refractivity contribution is 9.10. The molecule has 1 rings (SSSR count). The molecule has 1 aromatic carbocycles. The maximum absolute atomic E-state index is 5.21. The van der Waals surface area contributed by atoms with Crippen molar-refractivity contribution in [2.45, 2.75) is 12.8 Å². The van der Waals surface area contributed by atoms with Crippen molar-refractivity contribution in [3.05, 3.63) is 34.3 Å². The lowest BCUT2D eigenvalue weighted by atomic mass is 10.1. The van der Waals surface area contributed by atoms with Crippen molar-refractivity contribution >= 4 is 39.5 Å². The number of halogens is 1. The van der Waals surface area contributed by atoms with E-state index < -0.39 is 0 Å². The zero-order valence-corrected chi connectivity index (χ0v) is 10.5. The summed E-state index contributed by atoms with van der Waals surface area (Å²) >= 11 is 8.03. The van der Waals surface area contributed by atoms with Crippen LogP contribution < -0.4 is 11.2 Å². The van der Waals surface area contributed by atoms with E-state index in [0.29, 0.717) is 0 Å². The quantitative estimate of drug-likeness (QED) is 0.507. The fourth-order valence-corrected chi connectivity index (χ4v) is 1.60. The molecule has 0 aliphatic heterocycles. The van der Waals surface area contributed by atoms with Crippen LogP contribution >= 0.6 is 28.1 Å². The van der Waals surface area contributed by atoms with Gasteiger partial charge in [-0.25, -0.2) is 0 Å². The van der Waals surface area contributed by atoms with Gasteiger partial charge in [0.25, 0.3) is 0 Å². The third-order valence-electron chi connectivity index (χ3n) is 1.72. The van der Waals surface area contributed by atoms with Gasteiger partial charge in [-0.05, 0) is 42.8 Å². The molecule has 0 unspecified atom stereocenters. The van der Waals surface area contributed by atoms with Crippen LogP contribution in [0.15, 0.2) is 33.8 Å². The molecule has 0 saturated carbocycles. The van der Waals surface area contributed by atoms with Gasteiger partial charge in [0.05, 0.1) is 0 Å². The van der Waals surface area contributed by atoms with Crippen LogP contribution in [0.5, 0.6) is 0 Å². The highest BCUT2D eigenvalue weighted by Gasteiger charge is 1.92. The SMILES string of the molecule is NC(=S)NN=CCCc1cccc(Br)c1. The maximum atomic E-state index is 5.21. The second-order valence-corrected chi connectivity index (χ2v) is 4.31. The molecule has 0 radical (unpaired) electrons. The fraction of sp³-hybridized carbons (Fsp3) is 0.200. The van der Waals surface area contributed by atoms with Crippen molar-refractivity contribution in [1.29, 1.82) is 0 Å². The Labute approximate surface area is 103 Å². The molecule has 0 aliphatic carbocycles. The largest absolute Gasteiger partial charge is 0.375 e. The van der Waals surface area contributed by atoms with E-state index in [9.17, 15) is 0 Å². The van der Waals surface area contributed by atoms with E-state index in [1.165, 1.54) is 5.56 Å². The first kappa shape index (κ1) is 12.1. The third-order valence-corrected chi connectivity index (χ3v) is 2.30. The number of benzene rings is 1. The number of thiocarbonyl (C=S) groups is 1. The monoisotopic (exact) mass is 285 g/mol. The number of rotatable bonds is 4. The Bertz CT molecular complexity index is 365. The summed E-state index contributed by atoms with van der Waals surface area (Å²) in [6.07, 6.45) is 3.56. The van der Waals surface area contributed by atoms with Gasteiger partial charge in [0.2, 0.25) is 0 Å². The number of nitrogens with one attached hydrogen (secondary N) is 1. The van der Waals surface area contributed by atoms with Gasteiger partial charge in [-0.15, -0.1) is 0 Å². The Morgan fingerprint density at radius 2 is 2.40 bits per heavy atom. The molecule has 3 N–H and O–H groups in total. The Hall–Kier alpha value is -0.940. The molecule has 0 heterocycles. The predicted molar refractivity (Wildman–Crippen MR) is 70.9 cm³/mol. The Balaban J connectivity index is 2.31. The van der Waals surface area contributed by atoms with E-state index in [1.807, 2.05) is 12.1 Å². The second-order valence-electron chi connectivity index (χ2n) is 2.96. The lowest BCUT2D eigenvalue weighted by molar-refractivity contribution is 0.994. The van der Waals surface area contributed by atoms with Gasteiger partial charge in [-0.1, -0.05) is 28.1 Å². The van der Waals surface area contributed by atoms with Crippen LogP contribution in [0.1, 0.15) is 12.0 Å². The first-order chi connectivity index (χ1) is 7.18. The van der Waals surface area contributed by atoms with Crippen LogP contribution in [0, 0.1) is 0 Å². The van der Waals surface area contributed by atoms with Crippen LogP contribution in [0.25, 0.3) is 0 Å². The summed E-state index contributed by atoms with van der Waals surface area (Å²) in [5.41, 5.74) is 8.99. The Morgan fingerprint density at radius 3 is 3.07 bits per heavy atom. The van der Waals surface area contributed by atoms with Crippen molar-refractivity contribution < 1.29 is 0 Å². The summed E-state index contributed by atoms with van der Waals surface area (Å²) in [6.45, 7) is 0. The van der Waals surface area contributed by atoms with Crippen LogP contribution in [0.4, 0.5) is 0 Å². The number of nitrogens with two attached hydrogens (primary N) is 1. The molecule has 0 bridgehead atoms. The minimum Gasteiger partial charge on any atom is -0.375 e. The zero-order chi connectivity index (χ0) is 11.1. The number of hydrazone groups is 1. The molecule has 0 atom stereocenters. The Morgan fingerprint density at radius 1 is 1.60 bits per heavy atom. The maximum Gasteiger partial charge on any atom is 0.184 e. The molecule has 0 spiro atoms. The van der Waals surface area contributed by atoms with Crippen LogP contribution in [0.2, 0.25) is 0 Å². The van der Waals surface area contributed by atoms with E-state index in [1.54, 1.807) is 6.21 Å². The van der Waals surface area contributed by atoms with Gasteiger partial charge in [0.15, 0.2) is 5.11 Å². The second kappa shape index (κ2) is 6.53. The molecule has 0 fully saturated rings. The average Bonchev–Trinajstić information content (AvgIpc) is 2.17. The fourth-order valence-electron chi connectivity index (χ4n) is 1.10. The van der Waals surface area contributed by atoms with Crippen molar-refractivity contribution in [2.24, 2.45) is 10.8 Å². The first-order valence-electron chi connectivity index (χ1n) is 4.50. The summed E-state index contributed by atoms with van der Waals surface area (Å²) in [7, 11) is 0. The number of nitrogens with zero attached hydrogens (tertiary/aromatic N) is 1. The number of aryl methyl sites for hydroxylation is 1. The van der Waals surface area contributed by atoms with Gasteiger partial charge >= 0.3 is 0 Å². The van der Waals surface area contributed by atoms with Gasteiger partial charge in [-0.3, -0.25) is 5.43 Å². The van der Waals surface area contributed by atoms with Gasteiger partial charge in [-0.2, -0.15) is 5.10 Å².